The Hall–Kier alpha value is -6.55. The van der Waals surface area contributed by atoms with Crippen molar-refractivity contribution < 1.29 is 47.7 Å². The van der Waals surface area contributed by atoms with Crippen molar-refractivity contribution in [3.8, 4) is 0 Å². The molecule has 0 unspecified atom stereocenters. The predicted molar refractivity (Wildman–Crippen MR) is 275 cm³/mol. The van der Waals surface area contributed by atoms with Crippen molar-refractivity contribution in [2.45, 2.75) is 167 Å². The Labute approximate surface area is 426 Å². The number of amides is 4. The molecule has 0 bridgehead atoms. The molecule has 4 rings (SSSR count). The van der Waals surface area contributed by atoms with E-state index < -0.39 is 54.7 Å². The summed E-state index contributed by atoms with van der Waals surface area (Å²) in [7, 11) is 0. The third-order valence-electron chi connectivity index (χ3n) is 12.1. The van der Waals surface area contributed by atoms with Crippen LogP contribution < -0.4 is 16.4 Å². The Bertz CT molecular complexity index is 2160. The molecule has 0 saturated carbocycles. The summed E-state index contributed by atoms with van der Waals surface area (Å²) in [5, 5.41) is 5.28. The standard InChI is InChI=1S/C56H78N6O10/c1-2-3-4-5-6-7-8-9-10-11-12-13-14-15-16-28-37-69-53(65)50(35-26-27-36-58-54(66)70-41-45-29-20-17-21-30-45)62(56(68)72-43-47-33-24-19-25-34-47)52(64)49(60-51(63)39-57)38-48-40-61(44-59-48)55(67)71-42-46-31-22-18-23-32-46/h17-25,29-34,40,44,49-50H,2-16,26-28,35-39,41-43,57H2,1H3,(H,58,66)(H,60,63)/t49-,50-/m0/s1. The van der Waals surface area contributed by atoms with Gasteiger partial charge in [0.2, 0.25) is 5.91 Å². The van der Waals surface area contributed by atoms with Crippen molar-refractivity contribution >= 4 is 36.1 Å². The second-order valence-electron chi connectivity index (χ2n) is 18.1. The van der Waals surface area contributed by atoms with E-state index in [1.165, 1.54) is 83.2 Å². The number of unbranched alkanes of at least 4 members (excludes halogenated alkanes) is 16. The van der Waals surface area contributed by atoms with Crippen molar-refractivity contribution in [1.29, 1.82) is 0 Å². The number of ether oxygens (including phenoxy) is 4. The molecule has 4 amide bonds. The SMILES string of the molecule is CCCCCCCCCCCCCCCCCCOC(=O)[C@H](CCCCNC(=O)OCc1ccccc1)N(C(=O)OCc1ccccc1)C(=O)[C@H](Cc1cn(C(=O)OCc2ccccc2)cn1)NC(=O)CN. The molecular weight excluding hydrogens is 917 g/mol. The minimum Gasteiger partial charge on any atom is -0.464 e. The first-order valence-electron chi connectivity index (χ1n) is 26.1. The number of alkyl carbamates (subject to hydrolysis) is 1. The lowest BCUT2D eigenvalue weighted by molar-refractivity contribution is -0.155. The van der Waals surface area contributed by atoms with E-state index in [0.717, 1.165) is 41.4 Å². The maximum Gasteiger partial charge on any atom is 0.419 e. The minimum absolute atomic E-state index is 0.00623. The summed E-state index contributed by atoms with van der Waals surface area (Å²) in [4.78, 5) is 86.7. The van der Waals surface area contributed by atoms with Gasteiger partial charge in [-0.15, -0.1) is 0 Å². The van der Waals surface area contributed by atoms with Gasteiger partial charge in [-0.1, -0.05) is 194 Å². The summed E-state index contributed by atoms with van der Waals surface area (Å²) >= 11 is 0. The van der Waals surface area contributed by atoms with E-state index in [-0.39, 0.29) is 57.9 Å². The van der Waals surface area contributed by atoms with Crippen LogP contribution in [-0.2, 0) is 59.6 Å². The highest BCUT2D eigenvalue weighted by molar-refractivity contribution is 6.00. The van der Waals surface area contributed by atoms with E-state index in [2.05, 4.69) is 22.5 Å². The summed E-state index contributed by atoms with van der Waals surface area (Å²) < 4.78 is 23.4. The summed E-state index contributed by atoms with van der Waals surface area (Å²) in [6, 6.07) is 24.2. The second-order valence-corrected chi connectivity index (χ2v) is 18.1. The van der Waals surface area contributed by atoms with Crippen LogP contribution in [0.1, 0.15) is 151 Å². The Morgan fingerprint density at radius 2 is 1.11 bits per heavy atom. The lowest BCUT2D eigenvalue weighted by Gasteiger charge is -2.31. The number of rotatable bonds is 35. The van der Waals surface area contributed by atoms with Crippen molar-refractivity contribution in [2.24, 2.45) is 5.73 Å². The number of carbonyl (C=O) groups is 6. The van der Waals surface area contributed by atoms with Gasteiger partial charge in [0.05, 0.1) is 18.8 Å². The maximum absolute atomic E-state index is 14.9. The summed E-state index contributed by atoms with van der Waals surface area (Å²) in [6.07, 6.45) is 19.3. The number of benzene rings is 3. The van der Waals surface area contributed by atoms with Gasteiger partial charge >= 0.3 is 24.2 Å². The number of hydrogen-bond donors (Lipinski definition) is 3. The highest BCUT2D eigenvalue weighted by Gasteiger charge is 2.41. The summed E-state index contributed by atoms with van der Waals surface area (Å²) in [6.45, 7) is 1.86. The van der Waals surface area contributed by atoms with Crippen molar-refractivity contribution in [2.75, 3.05) is 19.7 Å². The zero-order valence-electron chi connectivity index (χ0n) is 42.4. The first-order chi connectivity index (χ1) is 35.2. The Morgan fingerprint density at radius 1 is 0.611 bits per heavy atom. The molecular formula is C56H78N6O10. The van der Waals surface area contributed by atoms with Crippen LogP contribution in [0.5, 0.6) is 0 Å². The van der Waals surface area contributed by atoms with Gasteiger partial charge in [0.15, 0.2) is 0 Å². The fourth-order valence-electron chi connectivity index (χ4n) is 8.05. The van der Waals surface area contributed by atoms with E-state index in [0.29, 0.717) is 23.3 Å². The third-order valence-corrected chi connectivity index (χ3v) is 12.1. The molecule has 0 aliphatic heterocycles. The molecule has 3 aromatic carbocycles. The molecule has 2 atom stereocenters. The van der Waals surface area contributed by atoms with Gasteiger partial charge in [0.25, 0.3) is 5.91 Å². The number of carbonyl (C=O) groups excluding carboxylic acids is 6. The number of nitrogens with zero attached hydrogens (tertiary/aromatic N) is 3. The fraction of sp³-hybridized carbons (Fsp3) is 0.518. The van der Waals surface area contributed by atoms with Gasteiger partial charge in [-0.05, 0) is 42.4 Å². The molecule has 0 saturated heterocycles. The first kappa shape index (κ1) is 58.0. The first-order valence-corrected chi connectivity index (χ1v) is 26.1. The van der Waals surface area contributed by atoms with Gasteiger partial charge in [0.1, 0.15) is 38.2 Å². The van der Waals surface area contributed by atoms with Crippen LogP contribution in [0.2, 0.25) is 0 Å². The Balaban J connectivity index is 1.43. The molecule has 4 N–H and O–H groups in total. The number of imide groups is 1. The highest BCUT2D eigenvalue weighted by atomic mass is 16.6. The van der Waals surface area contributed by atoms with E-state index >= 15 is 0 Å². The summed E-state index contributed by atoms with van der Waals surface area (Å²) in [5.41, 5.74) is 8.11. The van der Waals surface area contributed by atoms with Crippen molar-refractivity contribution in [3.63, 3.8) is 0 Å². The topological polar surface area (TPSA) is 210 Å². The minimum atomic E-state index is -1.49. The zero-order valence-corrected chi connectivity index (χ0v) is 42.4. The molecule has 0 radical (unpaired) electrons. The molecule has 0 aliphatic carbocycles. The lowest BCUT2D eigenvalue weighted by atomic mass is 10.0. The van der Waals surface area contributed by atoms with Crippen molar-refractivity contribution in [3.05, 3.63) is 126 Å². The zero-order chi connectivity index (χ0) is 51.4. The molecule has 16 heteroatoms. The van der Waals surface area contributed by atoms with E-state index in [1.54, 1.807) is 30.3 Å². The molecule has 4 aromatic rings. The number of nitrogens with one attached hydrogen (secondary N) is 2. The average Bonchev–Trinajstić information content (AvgIpc) is 3.88. The monoisotopic (exact) mass is 995 g/mol. The third kappa shape index (κ3) is 23.6. The lowest BCUT2D eigenvalue weighted by Crippen LogP contribution is -2.57. The quantitative estimate of drug-likeness (QED) is 0.0223. The second kappa shape index (κ2) is 35.5. The number of imidazole rings is 1. The number of nitrogens with two attached hydrogens (primary N) is 1. The molecule has 16 nitrogen and oxygen atoms in total. The molecule has 1 aromatic heterocycles. The van der Waals surface area contributed by atoms with Crippen LogP contribution in [0, 0.1) is 0 Å². The van der Waals surface area contributed by atoms with Gasteiger partial charge in [0, 0.05) is 19.2 Å². The van der Waals surface area contributed by atoms with Gasteiger partial charge in [-0.2, -0.15) is 0 Å². The van der Waals surface area contributed by atoms with Crippen LogP contribution in [0.3, 0.4) is 0 Å². The normalized spacial score (nSPS) is 11.8. The molecule has 0 aliphatic rings. The highest BCUT2D eigenvalue weighted by Crippen LogP contribution is 2.19. The maximum atomic E-state index is 14.9. The van der Waals surface area contributed by atoms with Crippen LogP contribution in [-0.4, -0.2) is 82.3 Å². The van der Waals surface area contributed by atoms with Gasteiger partial charge < -0.3 is 35.3 Å². The van der Waals surface area contributed by atoms with Crippen LogP contribution in [0.15, 0.2) is 104 Å². The van der Waals surface area contributed by atoms with Gasteiger partial charge in [-0.25, -0.2) is 33.6 Å². The van der Waals surface area contributed by atoms with E-state index in [4.69, 9.17) is 24.7 Å². The number of hydrogen-bond acceptors (Lipinski definition) is 12. The molecule has 0 spiro atoms. The molecule has 0 fully saturated rings. The number of aromatic nitrogens is 2. The average molecular weight is 995 g/mol. The Morgan fingerprint density at radius 3 is 1.64 bits per heavy atom. The van der Waals surface area contributed by atoms with E-state index in [9.17, 15) is 28.8 Å². The van der Waals surface area contributed by atoms with Gasteiger partial charge in [-0.3, -0.25) is 9.59 Å². The molecule has 392 valence electrons. The Kier molecular flexibility index (Phi) is 28.6. The number of esters is 1. The smallest absolute Gasteiger partial charge is 0.419 e. The fourth-order valence-corrected chi connectivity index (χ4v) is 8.05. The van der Waals surface area contributed by atoms with Crippen molar-refractivity contribution in [1.82, 2.24) is 25.1 Å². The largest absolute Gasteiger partial charge is 0.464 e. The summed E-state index contributed by atoms with van der Waals surface area (Å²) in [5.74, 6) is -2.53. The van der Waals surface area contributed by atoms with E-state index in [1.807, 2.05) is 60.7 Å². The predicted octanol–water partition coefficient (Wildman–Crippen LogP) is 10.5. The van der Waals surface area contributed by atoms with Crippen LogP contribution >= 0.6 is 0 Å². The van der Waals surface area contributed by atoms with Crippen LogP contribution in [0.25, 0.3) is 0 Å². The van der Waals surface area contributed by atoms with Crippen LogP contribution in [0.4, 0.5) is 14.4 Å². The molecule has 1 heterocycles. The molecule has 72 heavy (non-hydrogen) atoms.